The Morgan fingerprint density at radius 1 is 0.727 bits per heavy atom. The molecular formula is C22H13NO8S2. The lowest BCUT2D eigenvalue weighted by molar-refractivity contribution is 0.0887. The highest BCUT2D eigenvalue weighted by atomic mass is 32.2. The van der Waals surface area contributed by atoms with Crippen LogP contribution in [0.15, 0.2) is 70.5 Å². The van der Waals surface area contributed by atoms with Gasteiger partial charge in [0, 0.05) is 10.9 Å². The highest BCUT2D eigenvalue weighted by Gasteiger charge is 2.46. The summed E-state index contributed by atoms with van der Waals surface area (Å²) in [6, 6.07) is 15.9. The van der Waals surface area contributed by atoms with E-state index in [9.17, 15) is 35.5 Å². The van der Waals surface area contributed by atoms with Gasteiger partial charge < -0.3 is 0 Å². The van der Waals surface area contributed by atoms with Crippen molar-refractivity contribution in [2.45, 2.75) is 15.7 Å². The van der Waals surface area contributed by atoms with Gasteiger partial charge in [-0.15, -0.1) is 0 Å². The molecule has 1 aliphatic rings. The van der Waals surface area contributed by atoms with E-state index >= 15 is 0 Å². The summed E-state index contributed by atoms with van der Waals surface area (Å²) in [5, 5.41) is 2.66. The van der Waals surface area contributed by atoms with E-state index in [2.05, 4.69) is 4.98 Å². The Bertz CT molecular complexity index is 1760. The van der Waals surface area contributed by atoms with E-state index in [0.29, 0.717) is 11.6 Å². The topological polar surface area (TPSA) is 156 Å². The second kappa shape index (κ2) is 6.99. The number of ketones is 2. The molecule has 33 heavy (non-hydrogen) atoms. The van der Waals surface area contributed by atoms with Crippen LogP contribution in [0.1, 0.15) is 32.3 Å². The molecule has 0 unspecified atom stereocenters. The minimum Gasteiger partial charge on any atom is -0.293 e. The highest BCUT2D eigenvalue weighted by molar-refractivity contribution is 7.89. The Morgan fingerprint density at radius 2 is 1.45 bits per heavy atom. The van der Waals surface area contributed by atoms with Crippen LogP contribution in [0.25, 0.3) is 21.7 Å². The van der Waals surface area contributed by atoms with Crippen LogP contribution in [0.5, 0.6) is 0 Å². The molecule has 4 aromatic rings. The summed E-state index contributed by atoms with van der Waals surface area (Å²) in [7, 11) is -10.4. The van der Waals surface area contributed by atoms with Gasteiger partial charge in [0.05, 0.1) is 16.8 Å². The van der Waals surface area contributed by atoms with Crippen molar-refractivity contribution in [2.24, 2.45) is 0 Å². The number of rotatable bonds is 3. The molecule has 1 heterocycles. The van der Waals surface area contributed by atoms with Crippen molar-refractivity contribution < 1.29 is 35.5 Å². The van der Waals surface area contributed by atoms with Crippen LogP contribution in [-0.2, 0) is 20.2 Å². The lowest BCUT2D eigenvalue weighted by Gasteiger charge is -2.10. The summed E-state index contributed by atoms with van der Waals surface area (Å²) >= 11 is 0. The predicted octanol–water partition coefficient (Wildman–Crippen LogP) is 3.04. The first-order chi connectivity index (χ1) is 15.5. The Hall–Kier alpha value is -3.51. The molecule has 1 aliphatic carbocycles. The van der Waals surface area contributed by atoms with Crippen molar-refractivity contribution in [3.8, 4) is 0 Å². The van der Waals surface area contributed by atoms with Crippen LogP contribution < -0.4 is 0 Å². The smallest absolute Gasteiger partial charge is 0.293 e. The van der Waals surface area contributed by atoms with Gasteiger partial charge in [-0.2, -0.15) is 16.8 Å². The molecule has 1 atom stereocenters. The van der Waals surface area contributed by atoms with Gasteiger partial charge >= 0.3 is 0 Å². The number of benzene rings is 3. The average molecular weight is 483 g/mol. The fourth-order valence-corrected chi connectivity index (χ4v) is 6.22. The third-order valence-electron chi connectivity index (χ3n) is 5.61. The molecule has 5 rings (SSSR count). The first kappa shape index (κ1) is 21.3. The molecular weight excluding hydrogens is 470 g/mol. The summed E-state index contributed by atoms with van der Waals surface area (Å²) in [6.45, 7) is 0. The number of hydrogen-bond donors (Lipinski definition) is 2. The maximum absolute atomic E-state index is 13.2. The van der Waals surface area contributed by atoms with Crippen LogP contribution in [-0.4, -0.2) is 42.5 Å². The van der Waals surface area contributed by atoms with Gasteiger partial charge in [-0.3, -0.25) is 23.7 Å². The second-order valence-electron chi connectivity index (χ2n) is 7.52. The van der Waals surface area contributed by atoms with Gasteiger partial charge in [-0.1, -0.05) is 36.4 Å². The third kappa shape index (κ3) is 3.25. The van der Waals surface area contributed by atoms with Crippen LogP contribution >= 0.6 is 0 Å². The Kier molecular flexibility index (Phi) is 4.52. The fourth-order valence-electron chi connectivity index (χ4n) is 4.22. The van der Waals surface area contributed by atoms with E-state index in [1.165, 1.54) is 6.07 Å². The van der Waals surface area contributed by atoms with Gasteiger partial charge in [-0.05, 0) is 35.0 Å². The Labute approximate surface area is 187 Å². The molecule has 3 aromatic carbocycles. The summed E-state index contributed by atoms with van der Waals surface area (Å²) in [5.74, 6) is -3.37. The molecule has 1 aromatic heterocycles. The Morgan fingerprint density at radius 3 is 2.15 bits per heavy atom. The lowest BCUT2D eigenvalue weighted by atomic mass is 9.97. The zero-order valence-corrected chi connectivity index (χ0v) is 18.1. The molecule has 0 saturated carbocycles. The first-order valence-corrected chi connectivity index (χ1v) is 12.4. The summed E-state index contributed by atoms with van der Waals surface area (Å²) in [4.78, 5) is 28.2. The van der Waals surface area contributed by atoms with Crippen molar-refractivity contribution in [3.63, 3.8) is 0 Å². The minimum atomic E-state index is -5.30. The van der Waals surface area contributed by atoms with Gasteiger partial charge in [0.2, 0.25) is 0 Å². The number of hydrogen-bond acceptors (Lipinski definition) is 7. The number of carbonyl (C=O) groups excluding carboxylic acids is 2. The fraction of sp³-hybridized carbons (Fsp3) is 0.0455. The minimum absolute atomic E-state index is 0.0404. The number of pyridine rings is 1. The van der Waals surface area contributed by atoms with Crippen LogP contribution in [0.3, 0.4) is 0 Å². The number of carbonyl (C=O) groups is 2. The Balaban J connectivity index is 1.72. The van der Waals surface area contributed by atoms with Crippen molar-refractivity contribution in [2.75, 3.05) is 0 Å². The maximum atomic E-state index is 13.2. The maximum Gasteiger partial charge on any atom is 0.296 e. The number of Topliss-reactive ketones (excluding diaryl/α,β-unsaturated/α-hetero) is 2. The van der Waals surface area contributed by atoms with Gasteiger partial charge in [-0.25, -0.2) is 0 Å². The van der Waals surface area contributed by atoms with E-state index in [1.807, 2.05) is 30.3 Å². The summed E-state index contributed by atoms with van der Waals surface area (Å²) in [6.07, 6.45) is 0. The molecule has 2 N–H and O–H groups in total. The molecule has 166 valence electrons. The van der Waals surface area contributed by atoms with Crippen molar-refractivity contribution in [3.05, 3.63) is 77.5 Å². The molecule has 0 amide bonds. The molecule has 0 aliphatic heterocycles. The van der Waals surface area contributed by atoms with Crippen LogP contribution in [0.4, 0.5) is 0 Å². The SMILES string of the molecule is O=C1c2ccc(S(=O)(=O)O)c(S(=O)(=O)O)c2C(=O)[C@@H]1c1ccc2c(ccc3ccccc32)n1. The van der Waals surface area contributed by atoms with Crippen molar-refractivity contribution in [1.29, 1.82) is 0 Å². The molecule has 0 saturated heterocycles. The lowest BCUT2D eigenvalue weighted by Crippen LogP contribution is -2.16. The van der Waals surface area contributed by atoms with E-state index in [-0.39, 0.29) is 11.3 Å². The third-order valence-corrected chi connectivity index (χ3v) is 7.57. The molecule has 0 spiro atoms. The zero-order valence-electron chi connectivity index (χ0n) is 16.5. The average Bonchev–Trinajstić information content (AvgIpc) is 3.01. The van der Waals surface area contributed by atoms with E-state index in [1.54, 1.807) is 12.1 Å². The first-order valence-electron chi connectivity index (χ1n) is 9.47. The quantitative estimate of drug-likeness (QED) is 0.254. The van der Waals surface area contributed by atoms with Gasteiger partial charge in [0.15, 0.2) is 11.6 Å². The highest BCUT2D eigenvalue weighted by Crippen LogP contribution is 2.40. The molecule has 0 bridgehead atoms. The largest absolute Gasteiger partial charge is 0.296 e. The number of nitrogens with zero attached hydrogens (tertiary/aromatic N) is 1. The van der Waals surface area contributed by atoms with Crippen LogP contribution in [0.2, 0.25) is 0 Å². The summed E-state index contributed by atoms with van der Waals surface area (Å²) in [5.41, 5.74) is -0.636. The molecule has 9 nitrogen and oxygen atoms in total. The summed E-state index contributed by atoms with van der Waals surface area (Å²) < 4.78 is 66.3. The number of fused-ring (bicyclic) bond motifs is 4. The molecule has 0 fully saturated rings. The van der Waals surface area contributed by atoms with Crippen molar-refractivity contribution >= 4 is 53.5 Å². The standard InChI is InChI=1S/C22H13NO8S2/c24-20-14-7-10-17(32(26,27)28)22(33(29,30)31)18(14)21(25)19(20)16-9-6-13-12-4-2-1-3-11(12)5-8-15(13)23-16/h1-10,19H,(H,26,27,28)(H,29,30,31)/t19-/m1/s1. The second-order valence-corrected chi connectivity index (χ2v) is 10.3. The number of aromatic nitrogens is 1. The normalized spacial score (nSPS) is 16.5. The van der Waals surface area contributed by atoms with Crippen LogP contribution in [0, 0.1) is 0 Å². The van der Waals surface area contributed by atoms with E-state index < -0.39 is 53.1 Å². The van der Waals surface area contributed by atoms with E-state index in [4.69, 9.17) is 0 Å². The van der Waals surface area contributed by atoms with Gasteiger partial charge in [0.25, 0.3) is 20.2 Å². The monoisotopic (exact) mass is 483 g/mol. The zero-order chi connectivity index (χ0) is 23.7. The van der Waals surface area contributed by atoms with Gasteiger partial charge in [0.1, 0.15) is 15.7 Å². The van der Waals surface area contributed by atoms with E-state index in [0.717, 1.165) is 22.2 Å². The van der Waals surface area contributed by atoms with Crippen molar-refractivity contribution in [1.82, 2.24) is 4.98 Å². The molecule has 0 radical (unpaired) electrons. The molecule has 11 heteroatoms. The predicted molar refractivity (Wildman–Crippen MR) is 117 cm³/mol.